The topological polar surface area (TPSA) is 67.6 Å². The number of hydrogen-bond donors (Lipinski definition) is 1. The number of furan rings is 1. The Morgan fingerprint density at radius 3 is 2.77 bits per heavy atom. The van der Waals surface area contributed by atoms with Crippen LogP contribution in [-0.2, 0) is 4.74 Å². The van der Waals surface area contributed by atoms with Gasteiger partial charge in [0.05, 0.1) is 36.6 Å². The Hall–Kier alpha value is -3.00. The third-order valence-electron chi connectivity index (χ3n) is 5.55. The molecule has 6 nitrogen and oxygen atoms in total. The van der Waals surface area contributed by atoms with Gasteiger partial charge in [0.15, 0.2) is 5.76 Å². The normalized spacial score (nSPS) is 15.7. The molecule has 7 heteroatoms. The quantitative estimate of drug-likeness (QED) is 0.489. The third kappa shape index (κ3) is 4.25. The van der Waals surface area contributed by atoms with Gasteiger partial charge in [-0.3, -0.25) is 9.69 Å². The molecule has 4 aromatic rings. The van der Waals surface area contributed by atoms with E-state index >= 15 is 0 Å². The summed E-state index contributed by atoms with van der Waals surface area (Å²) in [5.41, 5.74) is 2.02. The van der Waals surface area contributed by atoms with Crippen LogP contribution in [0.3, 0.4) is 0 Å². The molecule has 0 unspecified atom stereocenters. The Balaban J connectivity index is 1.43. The molecule has 1 aliphatic heterocycles. The number of hydrogen-bond acceptors (Lipinski definition) is 6. The standard InChI is InChI=1S/C24H23N3O3S/c28-24(25-16-21(23-8-4-14-31-23)27-9-12-29-13-10-27)18-15-20(22-7-3-11-30-22)26-19-6-2-1-5-17(18)19/h1-8,11,14-15,21H,9-10,12-13,16H2,(H,25,28)/t21-/m0/s1. The van der Waals surface area contributed by atoms with Crippen LogP contribution in [0.2, 0.25) is 0 Å². The highest BCUT2D eigenvalue weighted by Gasteiger charge is 2.24. The molecule has 1 atom stereocenters. The van der Waals surface area contributed by atoms with Crippen LogP contribution in [0.25, 0.3) is 22.4 Å². The summed E-state index contributed by atoms with van der Waals surface area (Å²) in [4.78, 5) is 21.6. The highest BCUT2D eigenvalue weighted by molar-refractivity contribution is 7.10. The zero-order valence-corrected chi connectivity index (χ0v) is 17.8. The molecule has 4 heterocycles. The molecule has 1 amide bonds. The fourth-order valence-electron chi connectivity index (χ4n) is 3.98. The van der Waals surface area contributed by atoms with Crippen LogP contribution >= 0.6 is 11.3 Å². The molecular weight excluding hydrogens is 410 g/mol. The zero-order valence-electron chi connectivity index (χ0n) is 17.0. The number of ether oxygens (including phenoxy) is 1. The van der Waals surface area contributed by atoms with Crippen molar-refractivity contribution in [3.05, 3.63) is 76.7 Å². The first-order valence-electron chi connectivity index (χ1n) is 10.4. The van der Waals surface area contributed by atoms with Gasteiger partial charge in [0.2, 0.25) is 0 Å². The number of carbonyl (C=O) groups is 1. The first-order chi connectivity index (χ1) is 15.3. The molecule has 0 radical (unpaired) electrons. The van der Waals surface area contributed by atoms with Crippen LogP contribution in [0.5, 0.6) is 0 Å². The van der Waals surface area contributed by atoms with Crippen LogP contribution in [0, 0.1) is 0 Å². The summed E-state index contributed by atoms with van der Waals surface area (Å²) >= 11 is 1.72. The number of rotatable bonds is 6. The summed E-state index contributed by atoms with van der Waals surface area (Å²) in [5.74, 6) is 0.533. The van der Waals surface area contributed by atoms with Crippen LogP contribution in [0.1, 0.15) is 21.3 Å². The summed E-state index contributed by atoms with van der Waals surface area (Å²) in [6, 6.07) is 17.5. The third-order valence-corrected chi connectivity index (χ3v) is 6.52. The molecular formula is C24H23N3O3S. The number of morpholine rings is 1. The second kappa shape index (κ2) is 9.01. The second-order valence-corrected chi connectivity index (χ2v) is 8.42. The van der Waals surface area contributed by atoms with Gasteiger partial charge in [0.1, 0.15) is 5.69 Å². The average Bonchev–Trinajstić information content (AvgIpc) is 3.54. The lowest BCUT2D eigenvalue weighted by Gasteiger charge is -2.34. The lowest BCUT2D eigenvalue weighted by Crippen LogP contribution is -2.43. The Kier molecular flexibility index (Phi) is 5.80. The Bertz CT molecular complexity index is 1150. The molecule has 5 rings (SSSR count). The van der Waals surface area contributed by atoms with Crippen LogP contribution < -0.4 is 5.32 Å². The fraction of sp³-hybridized carbons (Fsp3) is 0.250. The average molecular weight is 434 g/mol. The van der Waals surface area contributed by atoms with Gasteiger partial charge in [-0.1, -0.05) is 24.3 Å². The maximum Gasteiger partial charge on any atom is 0.252 e. The van der Waals surface area contributed by atoms with Crippen molar-refractivity contribution in [2.75, 3.05) is 32.8 Å². The van der Waals surface area contributed by atoms with Gasteiger partial charge < -0.3 is 14.5 Å². The predicted octanol–water partition coefficient (Wildman–Crippen LogP) is 4.36. The molecule has 1 fully saturated rings. The van der Waals surface area contributed by atoms with Crippen molar-refractivity contribution in [1.82, 2.24) is 15.2 Å². The van der Waals surface area contributed by atoms with Gasteiger partial charge in [-0.2, -0.15) is 0 Å². The van der Waals surface area contributed by atoms with Gasteiger partial charge in [-0.05, 0) is 35.7 Å². The zero-order chi connectivity index (χ0) is 21.0. The first kappa shape index (κ1) is 19.9. The summed E-state index contributed by atoms with van der Waals surface area (Å²) in [5, 5.41) is 6.08. The number of aromatic nitrogens is 1. The number of nitrogens with one attached hydrogen (secondary N) is 1. The minimum Gasteiger partial charge on any atom is -0.463 e. The van der Waals surface area contributed by atoms with E-state index in [0.717, 1.165) is 37.2 Å². The van der Waals surface area contributed by atoms with E-state index in [2.05, 4.69) is 32.7 Å². The van der Waals surface area contributed by atoms with E-state index in [-0.39, 0.29) is 11.9 Å². The van der Waals surface area contributed by atoms with E-state index < -0.39 is 0 Å². The molecule has 158 valence electrons. The van der Waals surface area contributed by atoms with Crippen molar-refractivity contribution < 1.29 is 13.9 Å². The Labute approximate surface area is 184 Å². The maximum absolute atomic E-state index is 13.3. The highest BCUT2D eigenvalue weighted by atomic mass is 32.1. The molecule has 1 saturated heterocycles. The molecule has 31 heavy (non-hydrogen) atoms. The summed E-state index contributed by atoms with van der Waals surface area (Å²) in [6.07, 6.45) is 1.61. The van der Waals surface area contributed by atoms with Gasteiger partial charge in [0, 0.05) is 29.9 Å². The predicted molar refractivity (Wildman–Crippen MR) is 121 cm³/mol. The molecule has 0 aliphatic carbocycles. The molecule has 1 aliphatic rings. The van der Waals surface area contributed by atoms with Crippen molar-refractivity contribution in [1.29, 1.82) is 0 Å². The molecule has 3 aromatic heterocycles. The molecule has 0 spiro atoms. The lowest BCUT2D eigenvalue weighted by atomic mass is 10.1. The number of carbonyl (C=O) groups excluding carboxylic acids is 1. The fourth-order valence-corrected chi connectivity index (χ4v) is 4.84. The van der Waals surface area contributed by atoms with Crippen LogP contribution in [0.15, 0.2) is 70.7 Å². The largest absolute Gasteiger partial charge is 0.463 e. The van der Waals surface area contributed by atoms with Gasteiger partial charge in [0.25, 0.3) is 5.91 Å². The Morgan fingerprint density at radius 1 is 1.13 bits per heavy atom. The van der Waals surface area contributed by atoms with Crippen molar-refractivity contribution in [2.45, 2.75) is 6.04 Å². The minimum absolute atomic E-state index is 0.110. The lowest BCUT2D eigenvalue weighted by molar-refractivity contribution is 0.0169. The molecule has 0 saturated carbocycles. The number of fused-ring (bicyclic) bond motifs is 1. The maximum atomic E-state index is 13.3. The van der Waals surface area contributed by atoms with Crippen molar-refractivity contribution in [2.24, 2.45) is 0 Å². The van der Waals surface area contributed by atoms with Crippen molar-refractivity contribution in [3.8, 4) is 11.5 Å². The highest BCUT2D eigenvalue weighted by Crippen LogP contribution is 2.27. The number of thiophene rings is 1. The number of benzene rings is 1. The van der Waals surface area contributed by atoms with Crippen molar-refractivity contribution in [3.63, 3.8) is 0 Å². The molecule has 1 N–H and O–H groups in total. The summed E-state index contributed by atoms with van der Waals surface area (Å²) in [7, 11) is 0. The summed E-state index contributed by atoms with van der Waals surface area (Å²) in [6.45, 7) is 3.69. The summed E-state index contributed by atoms with van der Waals surface area (Å²) < 4.78 is 11.0. The van der Waals surface area contributed by atoms with E-state index in [4.69, 9.17) is 9.15 Å². The van der Waals surface area contributed by atoms with Crippen LogP contribution in [-0.4, -0.2) is 48.6 Å². The smallest absolute Gasteiger partial charge is 0.252 e. The minimum atomic E-state index is -0.110. The molecule has 0 bridgehead atoms. The first-order valence-corrected chi connectivity index (χ1v) is 11.2. The number of nitrogens with zero attached hydrogens (tertiary/aromatic N) is 2. The van der Waals surface area contributed by atoms with Gasteiger partial charge >= 0.3 is 0 Å². The number of para-hydroxylation sites is 1. The van der Waals surface area contributed by atoms with E-state index in [0.29, 0.717) is 23.6 Å². The molecule has 1 aromatic carbocycles. The number of pyridine rings is 1. The Morgan fingerprint density at radius 2 is 2.00 bits per heavy atom. The van der Waals surface area contributed by atoms with Crippen molar-refractivity contribution >= 4 is 28.1 Å². The monoisotopic (exact) mass is 433 g/mol. The SMILES string of the molecule is O=C(NC[C@@H](c1cccs1)N1CCOCC1)c1cc(-c2ccco2)nc2ccccc12. The van der Waals surface area contributed by atoms with E-state index in [1.165, 1.54) is 4.88 Å². The van der Waals surface area contributed by atoms with Gasteiger partial charge in [-0.15, -0.1) is 11.3 Å². The number of amides is 1. The van der Waals surface area contributed by atoms with E-state index in [9.17, 15) is 4.79 Å². The second-order valence-electron chi connectivity index (χ2n) is 7.44. The van der Waals surface area contributed by atoms with E-state index in [1.807, 2.05) is 42.5 Å². The van der Waals surface area contributed by atoms with Crippen LogP contribution in [0.4, 0.5) is 0 Å². The van der Waals surface area contributed by atoms with E-state index in [1.54, 1.807) is 17.6 Å². The van der Waals surface area contributed by atoms with Gasteiger partial charge in [-0.25, -0.2) is 4.98 Å².